The Morgan fingerprint density at radius 2 is 2.21 bits per heavy atom. The van der Waals surface area contributed by atoms with Crippen LogP contribution in [0.15, 0.2) is 31.0 Å². The first-order chi connectivity index (χ1) is 11.8. The van der Waals surface area contributed by atoms with Crippen LogP contribution in [0.5, 0.6) is 0 Å². The lowest BCUT2D eigenvalue weighted by molar-refractivity contribution is 0.0957. The molecule has 0 bridgehead atoms. The third-order valence-electron chi connectivity index (χ3n) is 4.05. The van der Waals surface area contributed by atoms with E-state index in [-0.39, 0.29) is 5.91 Å². The maximum Gasteiger partial charge on any atom is 0.253 e. The van der Waals surface area contributed by atoms with Crippen molar-refractivity contribution in [1.29, 1.82) is 0 Å². The van der Waals surface area contributed by atoms with E-state index in [2.05, 4.69) is 37.0 Å². The number of nitrogens with one attached hydrogen (secondary N) is 2. The van der Waals surface area contributed by atoms with E-state index in [0.29, 0.717) is 24.5 Å². The Morgan fingerprint density at radius 1 is 1.29 bits per heavy atom. The zero-order chi connectivity index (χ0) is 16.8. The summed E-state index contributed by atoms with van der Waals surface area (Å²) in [6, 6.07) is 3.54. The molecule has 0 spiro atoms. The molecule has 0 unspecified atom stereocenters. The van der Waals surface area contributed by atoms with Gasteiger partial charge in [0.25, 0.3) is 5.91 Å². The summed E-state index contributed by atoms with van der Waals surface area (Å²) in [5, 5.41) is 14.5. The van der Waals surface area contributed by atoms with Gasteiger partial charge >= 0.3 is 0 Å². The number of aryl methyl sites for hydroxylation is 1. The Kier molecular flexibility index (Phi) is 5.20. The second-order valence-electron chi connectivity index (χ2n) is 5.78. The zero-order valence-electron chi connectivity index (χ0n) is 13.7. The first kappa shape index (κ1) is 16.2. The van der Waals surface area contributed by atoms with Gasteiger partial charge in [-0.3, -0.25) is 4.79 Å². The lowest BCUT2D eigenvalue weighted by Gasteiger charge is -2.09. The second-order valence-corrected chi connectivity index (χ2v) is 5.78. The number of carbonyl (C=O) groups is 1. The highest BCUT2D eigenvalue weighted by atomic mass is 16.1. The summed E-state index contributed by atoms with van der Waals surface area (Å²) in [6.45, 7) is 5.57. The molecule has 0 radical (unpaired) electrons. The van der Waals surface area contributed by atoms with Gasteiger partial charge in [-0.2, -0.15) is 0 Å². The van der Waals surface area contributed by atoms with Crippen LogP contribution < -0.4 is 10.6 Å². The van der Waals surface area contributed by atoms with Crippen molar-refractivity contribution in [1.82, 2.24) is 25.1 Å². The van der Waals surface area contributed by atoms with Crippen LogP contribution in [-0.2, 0) is 19.5 Å². The Labute approximate surface area is 141 Å². The van der Waals surface area contributed by atoms with Crippen molar-refractivity contribution in [2.24, 2.45) is 0 Å². The normalized spacial score (nSPS) is 13.7. The summed E-state index contributed by atoms with van der Waals surface area (Å²) in [4.78, 5) is 16.1. The molecule has 0 atom stereocenters. The minimum absolute atomic E-state index is 0.156. The molecule has 126 valence electrons. The monoisotopic (exact) mass is 326 g/mol. The van der Waals surface area contributed by atoms with Gasteiger partial charge in [0.2, 0.25) is 0 Å². The molecule has 0 fully saturated rings. The molecule has 24 heavy (non-hydrogen) atoms. The van der Waals surface area contributed by atoms with Crippen LogP contribution in [0.3, 0.4) is 0 Å². The number of pyridine rings is 1. The van der Waals surface area contributed by atoms with Crippen molar-refractivity contribution in [3.8, 4) is 0 Å². The summed E-state index contributed by atoms with van der Waals surface area (Å²) < 4.78 is 2.21. The maximum atomic E-state index is 11.8. The van der Waals surface area contributed by atoms with Crippen molar-refractivity contribution < 1.29 is 4.79 Å². The number of fused-ring (bicyclic) bond motifs is 1. The minimum Gasteiger partial charge on any atom is -0.363 e. The van der Waals surface area contributed by atoms with Crippen LogP contribution in [0.2, 0.25) is 0 Å². The topological polar surface area (TPSA) is 84.7 Å². The molecule has 2 aromatic rings. The van der Waals surface area contributed by atoms with Crippen LogP contribution in [0.4, 0.5) is 5.82 Å². The second kappa shape index (κ2) is 7.72. The van der Waals surface area contributed by atoms with Gasteiger partial charge in [0.05, 0.1) is 12.1 Å². The molecule has 3 rings (SSSR count). The summed E-state index contributed by atoms with van der Waals surface area (Å²) in [5.74, 6) is 2.56. The number of carbonyl (C=O) groups excluding carboxylic acids is 1. The Bertz CT molecular complexity index is 706. The number of anilines is 1. The van der Waals surface area contributed by atoms with Crippen molar-refractivity contribution in [3.05, 3.63) is 48.2 Å². The van der Waals surface area contributed by atoms with E-state index in [1.807, 2.05) is 0 Å². The van der Waals surface area contributed by atoms with Gasteiger partial charge in [-0.05, 0) is 25.0 Å². The van der Waals surface area contributed by atoms with Crippen molar-refractivity contribution in [2.45, 2.75) is 38.8 Å². The minimum atomic E-state index is -0.156. The highest BCUT2D eigenvalue weighted by Crippen LogP contribution is 2.15. The SMILES string of the molecule is C=CCNC(=O)c1ccc(NCc2nnc3n2CCCCC3)nc1. The fraction of sp³-hybridized carbons (Fsp3) is 0.412. The van der Waals surface area contributed by atoms with E-state index in [0.717, 1.165) is 24.6 Å². The third kappa shape index (κ3) is 3.79. The lowest BCUT2D eigenvalue weighted by Crippen LogP contribution is -2.23. The van der Waals surface area contributed by atoms with Crippen molar-refractivity contribution in [2.75, 3.05) is 11.9 Å². The Morgan fingerprint density at radius 3 is 3.00 bits per heavy atom. The molecule has 1 aliphatic rings. The van der Waals surface area contributed by atoms with Gasteiger partial charge in [-0.15, -0.1) is 16.8 Å². The van der Waals surface area contributed by atoms with Gasteiger partial charge in [0.1, 0.15) is 11.6 Å². The van der Waals surface area contributed by atoms with Crippen LogP contribution in [0.1, 0.15) is 41.3 Å². The molecule has 1 aliphatic heterocycles. The Balaban J connectivity index is 1.60. The predicted octanol–water partition coefficient (Wildman–Crippen LogP) is 1.93. The van der Waals surface area contributed by atoms with Crippen molar-refractivity contribution in [3.63, 3.8) is 0 Å². The fourth-order valence-corrected chi connectivity index (χ4v) is 2.75. The summed E-state index contributed by atoms with van der Waals surface area (Å²) in [7, 11) is 0. The highest BCUT2D eigenvalue weighted by molar-refractivity contribution is 5.94. The molecule has 7 heteroatoms. The third-order valence-corrected chi connectivity index (χ3v) is 4.05. The first-order valence-corrected chi connectivity index (χ1v) is 8.28. The van der Waals surface area contributed by atoms with Gasteiger partial charge in [-0.25, -0.2) is 4.98 Å². The van der Waals surface area contributed by atoms with Crippen LogP contribution in [0.25, 0.3) is 0 Å². The molecule has 2 N–H and O–H groups in total. The van der Waals surface area contributed by atoms with Crippen LogP contribution in [0, 0.1) is 0 Å². The maximum absolute atomic E-state index is 11.8. The number of rotatable bonds is 6. The van der Waals surface area contributed by atoms with E-state index >= 15 is 0 Å². The molecule has 0 aromatic carbocycles. The van der Waals surface area contributed by atoms with E-state index in [9.17, 15) is 4.79 Å². The molecule has 1 amide bonds. The quantitative estimate of drug-likeness (QED) is 0.792. The standard InChI is InChI=1S/C17H22N6O/c1-2-9-18-17(24)13-7-8-14(19-11-13)20-12-16-22-21-15-6-4-3-5-10-23(15)16/h2,7-8,11H,1,3-6,9-10,12H2,(H,18,24)(H,19,20). The van der Waals surface area contributed by atoms with Crippen LogP contribution in [-0.4, -0.2) is 32.2 Å². The smallest absolute Gasteiger partial charge is 0.253 e. The number of nitrogens with zero attached hydrogens (tertiary/aromatic N) is 4. The van der Waals surface area contributed by atoms with E-state index in [1.165, 1.54) is 19.3 Å². The van der Waals surface area contributed by atoms with E-state index < -0.39 is 0 Å². The van der Waals surface area contributed by atoms with Crippen LogP contribution >= 0.6 is 0 Å². The molecular weight excluding hydrogens is 304 g/mol. The molecule has 3 heterocycles. The number of hydrogen-bond donors (Lipinski definition) is 2. The van der Waals surface area contributed by atoms with Gasteiger partial charge < -0.3 is 15.2 Å². The molecular formula is C17H22N6O. The zero-order valence-corrected chi connectivity index (χ0v) is 13.7. The van der Waals surface area contributed by atoms with Gasteiger partial charge in [-0.1, -0.05) is 12.5 Å². The molecule has 0 saturated heterocycles. The lowest BCUT2D eigenvalue weighted by atomic mass is 10.2. The van der Waals surface area contributed by atoms with E-state index in [1.54, 1.807) is 24.4 Å². The average Bonchev–Trinajstić information content (AvgIpc) is 2.84. The summed E-state index contributed by atoms with van der Waals surface area (Å²) in [5.41, 5.74) is 0.527. The molecule has 2 aromatic heterocycles. The summed E-state index contributed by atoms with van der Waals surface area (Å²) in [6.07, 6.45) is 7.80. The van der Waals surface area contributed by atoms with E-state index in [4.69, 9.17) is 0 Å². The largest absolute Gasteiger partial charge is 0.363 e. The molecule has 0 saturated carbocycles. The van der Waals surface area contributed by atoms with Gasteiger partial charge in [0, 0.05) is 25.7 Å². The average molecular weight is 326 g/mol. The first-order valence-electron chi connectivity index (χ1n) is 8.28. The molecule has 0 aliphatic carbocycles. The highest BCUT2D eigenvalue weighted by Gasteiger charge is 2.14. The number of aromatic nitrogens is 4. The fourth-order valence-electron chi connectivity index (χ4n) is 2.75. The predicted molar refractivity (Wildman–Crippen MR) is 91.7 cm³/mol. The summed E-state index contributed by atoms with van der Waals surface area (Å²) >= 11 is 0. The van der Waals surface area contributed by atoms with Gasteiger partial charge in [0.15, 0.2) is 5.82 Å². The number of amides is 1. The molecule has 7 nitrogen and oxygen atoms in total. The number of hydrogen-bond acceptors (Lipinski definition) is 5. The van der Waals surface area contributed by atoms with Crippen molar-refractivity contribution >= 4 is 11.7 Å². The Hall–Kier alpha value is -2.70.